The number of ether oxygens (including phenoxy) is 1. The lowest BCUT2D eigenvalue weighted by Gasteiger charge is -2.47. The second-order valence-electron chi connectivity index (χ2n) is 11.2. The molecule has 0 bridgehead atoms. The molecule has 5 rings (SSSR count). The van der Waals surface area contributed by atoms with Gasteiger partial charge in [-0.3, -0.25) is 14.4 Å². The van der Waals surface area contributed by atoms with Crippen molar-refractivity contribution >= 4 is 41.1 Å². The van der Waals surface area contributed by atoms with Gasteiger partial charge in [-0.15, -0.1) is 11.8 Å². The van der Waals surface area contributed by atoms with Crippen LogP contribution in [0.1, 0.15) is 28.8 Å². The quantitative estimate of drug-likeness (QED) is 0.136. The van der Waals surface area contributed by atoms with Crippen LogP contribution in [0.3, 0.4) is 0 Å². The number of anilines is 1. The Morgan fingerprint density at radius 3 is 2.12 bits per heavy atom. The van der Waals surface area contributed by atoms with Gasteiger partial charge in [-0.1, -0.05) is 54.6 Å². The first-order valence-electron chi connectivity index (χ1n) is 15.3. The van der Waals surface area contributed by atoms with Gasteiger partial charge < -0.3 is 30.5 Å². The van der Waals surface area contributed by atoms with Crippen molar-refractivity contribution in [3.8, 4) is 5.75 Å². The second-order valence-corrected chi connectivity index (χ2v) is 12.4. The normalized spacial score (nSPS) is 16.6. The summed E-state index contributed by atoms with van der Waals surface area (Å²) in [4.78, 5) is 51.1. The van der Waals surface area contributed by atoms with E-state index in [9.17, 15) is 38.2 Å². The number of carbonyl (C=O) groups is 4. The van der Waals surface area contributed by atoms with Crippen molar-refractivity contribution in [1.29, 1.82) is 0 Å². The van der Waals surface area contributed by atoms with Gasteiger partial charge in [0, 0.05) is 17.9 Å². The van der Waals surface area contributed by atoms with Crippen LogP contribution in [0, 0.1) is 11.6 Å². The summed E-state index contributed by atoms with van der Waals surface area (Å²) in [7, 11) is 0. The van der Waals surface area contributed by atoms with Crippen molar-refractivity contribution in [3.63, 3.8) is 0 Å². The molecule has 254 valence electrons. The molecule has 0 aliphatic carbocycles. The molecule has 1 heterocycles. The zero-order valence-corrected chi connectivity index (χ0v) is 26.8. The van der Waals surface area contributed by atoms with Crippen LogP contribution in [0.15, 0.2) is 103 Å². The molecule has 4 aromatic carbocycles. The number of carboxylic acids is 1. The molecule has 4 atom stereocenters. The number of hydrogen-bond donors (Lipinski definition) is 4. The van der Waals surface area contributed by atoms with Gasteiger partial charge in [0.05, 0.1) is 18.7 Å². The summed E-state index contributed by atoms with van der Waals surface area (Å²) in [6, 6.07) is 25.0. The van der Waals surface area contributed by atoms with Crippen molar-refractivity contribution in [3.05, 3.63) is 131 Å². The average Bonchev–Trinajstić information content (AvgIpc) is 3.10. The topological polar surface area (TPSA) is 145 Å². The first-order chi connectivity index (χ1) is 23.6. The number of nitrogens with one attached hydrogen (secondary N) is 2. The maximum Gasteiger partial charge on any atom is 0.326 e. The number of carbonyl (C=O) groups excluding carboxylic acids is 3. The Hall–Kier alpha value is -5.27. The van der Waals surface area contributed by atoms with E-state index in [0.29, 0.717) is 17.0 Å². The Morgan fingerprint density at radius 1 is 0.857 bits per heavy atom. The van der Waals surface area contributed by atoms with Crippen LogP contribution < -0.4 is 20.3 Å². The minimum atomic E-state index is -1.20. The average molecular weight is 690 g/mol. The Balaban J connectivity index is 1.16. The Morgan fingerprint density at radius 2 is 1.49 bits per heavy atom. The molecular formula is C36H33F2N3O7S. The fourth-order valence-corrected chi connectivity index (χ4v) is 6.55. The fraction of sp³-hybridized carbons (Fsp3) is 0.222. The van der Waals surface area contributed by atoms with Crippen molar-refractivity contribution < 1.29 is 42.9 Å². The number of benzene rings is 4. The summed E-state index contributed by atoms with van der Waals surface area (Å²) in [5.41, 5.74) is 2.49. The molecule has 13 heteroatoms. The lowest BCUT2D eigenvalue weighted by atomic mass is 9.92. The van der Waals surface area contributed by atoms with E-state index in [0.717, 1.165) is 11.1 Å². The number of amides is 3. The molecule has 0 aromatic heterocycles. The summed E-state index contributed by atoms with van der Waals surface area (Å²) in [5.74, 6) is -3.04. The van der Waals surface area contributed by atoms with E-state index in [1.165, 1.54) is 60.3 Å². The molecule has 0 radical (unpaired) electrons. The molecule has 1 saturated heterocycles. The molecule has 10 nitrogen and oxygen atoms in total. The molecule has 0 spiro atoms. The van der Waals surface area contributed by atoms with Crippen molar-refractivity contribution in [2.45, 2.75) is 29.9 Å². The number of aliphatic hydroxyl groups is 1. The molecular weight excluding hydrogens is 656 g/mol. The molecule has 4 aromatic rings. The predicted octanol–water partition coefficient (Wildman–Crippen LogP) is 4.20. The number of aliphatic hydroxyl groups excluding tert-OH is 1. The van der Waals surface area contributed by atoms with Crippen LogP contribution >= 0.6 is 11.8 Å². The van der Waals surface area contributed by atoms with Gasteiger partial charge in [-0.2, -0.15) is 0 Å². The van der Waals surface area contributed by atoms with Crippen molar-refractivity contribution in [1.82, 2.24) is 10.6 Å². The van der Waals surface area contributed by atoms with Crippen LogP contribution in [-0.4, -0.2) is 64.1 Å². The molecule has 0 saturated carbocycles. The molecule has 49 heavy (non-hydrogen) atoms. The highest BCUT2D eigenvalue weighted by molar-refractivity contribution is 8.00. The Labute approximate surface area is 285 Å². The number of β-lactam (4-membered cyclic amide) rings is 1. The van der Waals surface area contributed by atoms with E-state index in [-0.39, 0.29) is 18.1 Å². The first kappa shape index (κ1) is 35.0. The van der Waals surface area contributed by atoms with E-state index < -0.39 is 66.0 Å². The molecule has 4 N–H and O–H groups in total. The molecule has 1 fully saturated rings. The summed E-state index contributed by atoms with van der Waals surface area (Å²) in [5, 5.41) is 24.4. The van der Waals surface area contributed by atoms with Crippen molar-refractivity contribution in [2.24, 2.45) is 0 Å². The number of thioether (sulfide) groups is 1. The van der Waals surface area contributed by atoms with Crippen LogP contribution in [0.4, 0.5) is 14.5 Å². The van der Waals surface area contributed by atoms with Crippen LogP contribution in [0.2, 0.25) is 0 Å². The predicted molar refractivity (Wildman–Crippen MR) is 179 cm³/mol. The number of rotatable bonds is 15. The minimum absolute atomic E-state index is 0.0863. The summed E-state index contributed by atoms with van der Waals surface area (Å²) in [6.07, 6.45) is -0.844. The third-order valence-electron chi connectivity index (χ3n) is 7.79. The lowest BCUT2D eigenvalue weighted by Crippen LogP contribution is -2.57. The van der Waals surface area contributed by atoms with E-state index >= 15 is 0 Å². The molecule has 3 amide bonds. The van der Waals surface area contributed by atoms with Crippen LogP contribution in [-0.2, 0) is 25.6 Å². The number of hydrogen-bond acceptors (Lipinski definition) is 7. The van der Waals surface area contributed by atoms with Crippen molar-refractivity contribution in [2.75, 3.05) is 23.8 Å². The maximum absolute atomic E-state index is 13.6. The van der Waals surface area contributed by atoms with Gasteiger partial charge in [-0.05, 0) is 65.2 Å². The van der Waals surface area contributed by atoms with Gasteiger partial charge in [0.25, 0.3) is 5.91 Å². The highest BCUT2D eigenvalue weighted by atomic mass is 32.2. The first-order valence-corrected chi connectivity index (χ1v) is 16.3. The zero-order valence-electron chi connectivity index (χ0n) is 26.0. The zero-order chi connectivity index (χ0) is 34.9. The monoisotopic (exact) mass is 689 g/mol. The standard InChI is InChI=1S/C36H33F2N3O7S/c37-25-10-6-23(7-11-25)30(42)21-49-34-33(41(35(34)45)27-14-12-26(38)13-15-27)24-8-16-28(17-9-24)48-20-32(44)39-19-31(43)40-29(36(46)47)18-22-4-2-1-3-5-22/h1-17,29-30,33-34,42H,18-21H2,(H,39,44)(H,40,43)(H,46,47)/t29-,30+,33?,34?/m1/s1. The number of nitrogens with zero attached hydrogens (tertiary/aromatic N) is 1. The summed E-state index contributed by atoms with van der Waals surface area (Å²) >= 11 is 1.26. The maximum atomic E-state index is 13.6. The second kappa shape index (κ2) is 16.2. The Bertz CT molecular complexity index is 1760. The lowest BCUT2D eigenvalue weighted by molar-refractivity contribution is -0.141. The summed E-state index contributed by atoms with van der Waals surface area (Å²) < 4.78 is 32.5. The summed E-state index contributed by atoms with van der Waals surface area (Å²) in [6.45, 7) is -0.855. The number of aliphatic carboxylic acids is 1. The highest BCUT2D eigenvalue weighted by Crippen LogP contribution is 2.46. The third kappa shape index (κ3) is 9.21. The van der Waals surface area contributed by atoms with Gasteiger partial charge in [0.2, 0.25) is 11.8 Å². The van der Waals surface area contributed by atoms with Gasteiger partial charge in [-0.25, -0.2) is 13.6 Å². The molecule has 1 aliphatic rings. The van der Waals surface area contributed by atoms with Gasteiger partial charge >= 0.3 is 5.97 Å². The van der Waals surface area contributed by atoms with E-state index in [1.807, 2.05) is 0 Å². The fourth-order valence-electron chi connectivity index (χ4n) is 5.25. The highest BCUT2D eigenvalue weighted by Gasteiger charge is 2.49. The SMILES string of the molecule is O=C(COc1ccc(C2C(SC[C@H](O)c3ccc(F)cc3)C(=O)N2c2ccc(F)cc2)cc1)NCC(=O)N[C@H](Cc1ccccc1)C(=O)O. The number of carboxylic acid groups (broad SMARTS) is 1. The largest absolute Gasteiger partial charge is 0.484 e. The van der Waals surface area contributed by atoms with Crippen LogP contribution in [0.25, 0.3) is 0 Å². The van der Waals surface area contributed by atoms with E-state index in [1.54, 1.807) is 59.5 Å². The molecule has 1 aliphatic heterocycles. The van der Waals surface area contributed by atoms with Gasteiger partial charge in [0.1, 0.15) is 28.7 Å². The minimum Gasteiger partial charge on any atom is -0.484 e. The Kier molecular flexibility index (Phi) is 11.6. The van der Waals surface area contributed by atoms with E-state index in [4.69, 9.17) is 4.74 Å². The smallest absolute Gasteiger partial charge is 0.326 e. The third-order valence-corrected chi connectivity index (χ3v) is 9.12. The van der Waals surface area contributed by atoms with Gasteiger partial charge in [0.15, 0.2) is 6.61 Å². The number of halogens is 2. The van der Waals surface area contributed by atoms with E-state index in [2.05, 4.69) is 10.6 Å². The molecule has 2 unspecified atom stereocenters. The van der Waals surface area contributed by atoms with Crippen LogP contribution in [0.5, 0.6) is 5.75 Å².